The first kappa shape index (κ1) is 8.79. The van der Waals surface area contributed by atoms with Crippen molar-refractivity contribution in [1.82, 2.24) is 0 Å². The van der Waals surface area contributed by atoms with Crippen LogP contribution in [-0.4, -0.2) is 0 Å². The van der Waals surface area contributed by atoms with Crippen LogP contribution in [0.15, 0.2) is 12.1 Å². The van der Waals surface area contributed by atoms with Crippen molar-refractivity contribution in [3.8, 4) is 0 Å². The molecule has 62 valence electrons. The van der Waals surface area contributed by atoms with Crippen LogP contribution in [0.5, 0.6) is 0 Å². The fourth-order valence-corrected chi connectivity index (χ4v) is 2.00. The molecule has 1 heterocycles. The summed E-state index contributed by atoms with van der Waals surface area (Å²) in [6.07, 6.45) is 0. The smallest absolute Gasteiger partial charge is 0.00737 e. The van der Waals surface area contributed by atoms with E-state index < -0.39 is 0 Å². The highest BCUT2D eigenvalue weighted by Crippen LogP contribution is 2.28. The van der Waals surface area contributed by atoms with Crippen molar-refractivity contribution in [2.75, 3.05) is 0 Å². The van der Waals surface area contributed by atoms with E-state index in [1.807, 2.05) is 11.3 Å². The van der Waals surface area contributed by atoms with Gasteiger partial charge in [-0.25, -0.2) is 0 Å². The van der Waals surface area contributed by atoms with E-state index in [9.17, 15) is 0 Å². The minimum Gasteiger partial charge on any atom is -0.145 e. The Balaban J connectivity index is 2.82. The third kappa shape index (κ3) is 2.06. The molecule has 11 heavy (non-hydrogen) atoms. The van der Waals surface area contributed by atoms with Crippen molar-refractivity contribution in [2.45, 2.75) is 39.5 Å². The Kier molecular flexibility index (Phi) is 2.72. The van der Waals surface area contributed by atoms with Crippen molar-refractivity contribution in [2.24, 2.45) is 0 Å². The Morgan fingerprint density at radius 2 is 1.27 bits per heavy atom. The van der Waals surface area contributed by atoms with E-state index in [4.69, 9.17) is 0 Å². The molecular weight excluding hydrogens is 152 g/mol. The van der Waals surface area contributed by atoms with Gasteiger partial charge in [0.15, 0.2) is 0 Å². The fraction of sp³-hybridized carbons (Fsp3) is 0.600. The van der Waals surface area contributed by atoms with Crippen molar-refractivity contribution < 1.29 is 0 Å². The molecule has 0 radical (unpaired) electrons. The van der Waals surface area contributed by atoms with Gasteiger partial charge in [0, 0.05) is 9.75 Å². The van der Waals surface area contributed by atoms with Gasteiger partial charge in [0.05, 0.1) is 0 Å². The van der Waals surface area contributed by atoms with E-state index >= 15 is 0 Å². The number of hydrogen-bond donors (Lipinski definition) is 0. The van der Waals surface area contributed by atoms with Crippen LogP contribution < -0.4 is 0 Å². The molecule has 0 N–H and O–H groups in total. The third-order valence-electron chi connectivity index (χ3n) is 1.79. The van der Waals surface area contributed by atoms with Gasteiger partial charge >= 0.3 is 0 Å². The Morgan fingerprint density at radius 1 is 0.909 bits per heavy atom. The average molecular weight is 168 g/mol. The second kappa shape index (κ2) is 3.40. The summed E-state index contributed by atoms with van der Waals surface area (Å²) < 4.78 is 0. The lowest BCUT2D eigenvalue weighted by atomic mass is 10.1. The molecule has 1 heteroatoms. The van der Waals surface area contributed by atoms with Crippen LogP contribution in [0.4, 0.5) is 0 Å². The summed E-state index contributed by atoms with van der Waals surface area (Å²) in [6, 6.07) is 4.51. The van der Waals surface area contributed by atoms with E-state index in [0.717, 1.165) is 0 Å². The zero-order valence-corrected chi connectivity index (χ0v) is 8.53. The van der Waals surface area contributed by atoms with Gasteiger partial charge in [-0.1, -0.05) is 27.7 Å². The minimum atomic E-state index is 0.687. The van der Waals surface area contributed by atoms with Gasteiger partial charge < -0.3 is 0 Å². The summed E-state index contributed by atoms with van der Waals surface area (Å²) in [7, 11) is 0. The normalized spacial score (nSPS) is 11.5. The Hall–Kier alpha value is -0.300. The van der Waals surface area contributed by atoms with Gasteiger partial charge in [-0.2, -0.15) is 0 Å². The SMILES string of the molecule is CC(C)c1ccc(C(C)C)s1. The minimum absolute atomic E-state index is 0.687. The monoisotopic (exact) mass is 168 g/mol. The molecule has 0 aliphatic carbocycles. The molecule has 1 rings (SSSR count). The van der Waals surface area contributed by atoms with E-state index in [2.05, 4.69) is 39.8 Å². The largest absolute Gasteiger partial charge is 0.145 e. The van der Waals surface area contributed by atoms with Crippen LogP contribution in [0, 0.1) is 0 Å². The first-order chi connectivity index (χ1) is 5.11. The third-order valence-corrected chi connectivity index (χ3v) is 3.47. The molecule has 0 atom stereocenters. The predicted octanol–water partition coefficient (Wildman–Crippen LogP) is 3.99. The van der Waals surface area contributed by atoms with Crippen molar-refractivity contribution in [1.29, 1.82) is 0 Å². The van der Waals surface area contributed by atoms with Gasteiger partial charge in [0.25, 0.3) is 0 Å². The number of thiophene rings is 1. The zero-order chi connectivity index (χ0) is 8.43. The highest BCUT2D eigenvalue weighted by atomic mass is 32.1. The molecule has 1 aromatic rings. The first-order valence-electron chi connectivity index (χ1n) is 4.21. The predicted molar refractivity (Wildman–Crippen MR) is 52.5 cm³/mol. The summed E-state index contributed by atoms with van der Waals surface area (Å²) in [6.45, 7) is 8.98. The molecule has 0 bridgehead atoms. The fourth-order valence-electron chi connectivity index (χ4n) is 0.989. The van der Waals surface area contributed by atoms with Gasteiger partial charge in [-0.3, -0.25) is 0 Å². The van der Waals surface area contributed by atoms with Gasteiger partial charge in [-0.15, -0.1) is 11.3 Å². The van der Waals surface area contributed by atoms with E-state index in [1.165, 1.54) is 9.75 Å². The summed E-state index contributed by atoms with van der Waals surface area (Å²) in [5, 5.41) is 0. The molecule has 0 spiro atoms. The molecule has 0 aliphatic heterocycles. The second-order valence-corrected chi connectivity index (χ2v) is 4.70. The lowest BCUT2D eigenvalue weighted by Crippen LogP contribution is -1.79. The van der Waals surface area contributed by atoms with Crippen molar-refractivity contribution in [3.63, 3.8) is 0 Å². The molecule has 0 aliphatic rings. The van der Waals surface area contributed by atoms with Gasteiger partial charge in [0.2, 0.25) is 0 Å². The maximum atomic E-state index is 2.25. The zero-order valence-electron chi connectivity index (χ0n) is 7.72. The molecule has 0 amide bonds. The molecule has 0 saturated heterocycles. The summed E-state index contributed by atoms with van der Waals surface area (Å²) >= 11 is 1.95. The molecule has 0 saturated carbocycles. The highest BCUT2D eigenvalue weighted by Gasteiger charge is 2.05. The van der Waals surface area contributed by atoms with Crippen molar-refractivity contribution in [3.05, 3.63) is 21.9 Å². The van der Waals surface area contributed by atoms with Crippen LogP contribution in [0.1, 0.15) is 49.3 Å². The van der Waals surface area contributed by atoms with E-state index in [1.54, 1.807) is 0 Å². The maximum Gasteiger partial charge on any atom is 0.00737 e. The summed E-state index contributed by atoms with van der Waals surface area (Å²) in [4.78, 5) is 3.02. The maximum absolute atomic E-state index is 2.25. The first-order valence-corrected chi connectivity index (χ1v) is 5.02. The van der Waals surface area contributed by atoms with Crippen LogP contribution in [0.2, 0.25) is 0 Å². The standard InChI is InChI=1S/C10H16S/c1-7(2)9-5-6-10(11-9)8(3)4/h5-8H,1-4H3. The molecule has 0 unspecified atom stereocenters. The molecule has 0 nitrogen and oxygen atoms in total. The molecular formula is C10H16S. The lowest BCUT2D eigenvalue weighted by Gasteiger charge is -2.00. The van der Waals surface area contributed by atoms with E-state index in [-0.39, 0.29) is 0 Å². The van der Waals surface area contributed by atoms with Crippen molar-refractivity contribution >= 4 is 11.3 Å². The second-order valence-electron chi connectivity index (χ2n) is 3.55. The number of hydrogen-bond acceptors (Lipinski definition) is 1. The summed E-state index contributed by atoms with van der Waals surface area (Å²) in [5.74, 6) is 1.37. The van der Waals surface area contributed by atoms with E-state index in [0.29, 0.717) is 11.8 Å². The Morgan fingerprint density at radius 3 is 1.45 bits per heavy atom. The average Bonchev–Trinajstić information content (AvgIpc) is 2.33. The Bertz CT molecular complexity index is 198. The lowest BCUT2D eigenvalue weighted by molar-refractivity contribution is 0.888. The molecule has 0 fully saturated rings. The van der Waals surface area contributed by atoms with Crippen LogP contribution >= 0.6 is 11.3 Å². The van der Waals surface area contributed by atoms with Gasteiger partial charge in [-0.05, 0) is 24.0 Å². The summed E-state index contributed by atoms with van der Waals surface area (Å²) in [5.41, 5.74) is 0. The van der Waals surface area contributed by atoms with Crippen LogP contribution in [-0.2, 0) is 0 Å². The van der Waals surface area contributed by atoms with Crippen LogP contribution in [0.25, 0.3) is 0 Å². The van der Waals surface area contributed by atoms with Gasteiger partial charge in [0.1, 0.15) is 0 Å². The Labute approximate surface area is 73.3 Å². The molecule has 1 aromatic heterocycles. The van der Waals surface area contributed by atoms with Crippen LogP contribution in [0.3, 0.4) is 0 Å². The number of rotatable bonds is 2. The quantitative estimate of drug-likeness (QED) is 0.626. The topological polar surface area (TPSA) is 0 Å². The highest BCUT2D eigenvalue weighted by molar-refractivity contribution is 7.12. The molecule has 0 aromatic carbocycles.